The third-order valence-corrected chi connectivity index (χ3v) is 3.72. The van der Waals surface area contributed by atoms with Gasteiger partial charge in [0.05, 0.1) is 6.04 Å². The molecular formula is C10H14N8O. The van der Waals surface area contributed by atoms with Gasteiger partial charge in [-0.3, -0.25) is 14.9 Å². The second-order valence-corrected chi connectivity index (χ2v) is 4.85. The largest absolute Gasteiger partial charge is 0.366 e. The standard InChI is InChI=1S/C10H14N8O/c11-10-13-8(14-15-10)9-12-7(16-19-9)6-5-17-1-3-18(6)4-2-17/h6H,1-5H2,(H3,11,13,14,15). The molecule has 2 aromatic heterocycles. The molecule has 0 spiro atoms. The van der Waals surface area contributed by atoms with E-state index >= 15 is 0 Å². The second kappa shape index (κ2) is 4.00. The van der Waals surface area contributed by atoms with Crippen molar-refractivity contribution in [3.63, 3.8) is 0 Å². The second-order valence-electron chi connectivity index (χ2n) is 4.85. The number of nitrogen functional groups attached to an aromatic ring is 1. The van der Waals surface area contributed by atoms with Gasteiger partial charge in [0.15, 0.2) is 5.82 Å². The smallest absolute Gasteiger partial charge is 0.295 e. The Balaban J connectivity index is 1.61. The van der Waals surface area contributed by atoms with Crippen LogP contribution in [0.5, 0.6) is 0 Å². The van der Waals surface area contributed by atoms with Crippen molar-refractivity contribution in [3.8, 4) is 11.7 Å². The van der Waals surface area contributed by atoms with Crippen molar-refractivity contribution in [1.29, 1.82) is 0 Å². The van der Waals surface area contributed by atoms with Crippen molar-refractivity contribution >= 4 is 5.95 Å². The molecular weight excluding hydrogens is 248 g/mol. The fourth-order valence-electron chi connectivity index (χ4n) is 2.70. The highest BCUT2D eigenvalue weighted by Crippen LogP contribution is 2.27. The van der Waals surface area contributed by atoms with Crippen LogP contribution in [0.4, 0.5) is 5.95 Å². The first-order valence-electron chi connectivity index (χ1n) is 6.28. The van der Waals surface area contributed by atoms with Gasteiger partial charge in [-0.1, -0.05) is 5.16 Å². The molecule has 1 unspecified atom stereocenters. The van der Waals surface area contributed by atoms with E-state index in [-0.39, 0.29) is 12.0 Å². The molecule has 2 bridgehead atoms. The molecule has 0 radical (unpaired) electrons. The molecule has 3 aliphatic heterocycles. The third-order valence-electron chi connectivity index (χ3n) is 3.72. The molecule has 3 fully saturated rings. The Kier molecular flexibility index (Phi) is 2.29. The number of aromatic nitrogens is 5. The minimum atomic E-state index is 0.168. The van der Waals surface area contributed by atoms with Gasteiger partial charge >= 0.3 is 0 Å². The zero-order valence-electron chi connectivity index (χ0n) is 10.3. The number of nitrogens with two attached hydrogens (primary N) is 1. The fraction of sp³-hybridized carbons (Fsp3) is 0.600. The molecule has 9 heteroatoms. The van der Waals surface area contributed by atoms with Gasteiger partial charge in [0.25, 0.3) is 5.89 Å². The van der Waals surface area contributed by atoms with E-state index < -0.39 is 0 Å². The van der Waals surface area contributed by atoms with Crippen LogP contribution in [0, 0.1) is 0 Å². The maximum Gasteiger partial charge on any atom is 0.295 e. The summed E-state index contributed by atoms with van der Waals surface area (Å²) in [6, 6.07) is 0.209. The number of nitrogens with zero attached hydrogens (tertiary/aromatic N) is 6. The predicted molar refractivity (Wildman–Crippen MR) is 64.8 cm³/mol. The highest BCUT2D eigenvalue weighted by atomic mass is 16.5. The van der Waals surface area contributed by atoms with E-state index in [1.165, 1.54) is 0 Å². The lowest BCUT2D eigenvalue weighted by Crippen LogP contribution is -2.57. The topological polar surface area (TPSA) is 113 Å². The molecule has 19 heavy (non-hydrogen) atoms. The lowest BCUT2D eigenvalue weighted by Gasteiger charge is -2.46. The van der Waals surface area contributed by atoms with Crippen molar-refractivity contribution in [1.82, 2.24) is 35.1 Å². The van der Waals surface area contributed by atoms with Crippen molar-refractivity contribution < 1.29 is 4.52 Å². The summed E-state index contributed by atoms with van der Waals surface area (Å²) >= 11 is 0. The Morgan fingerprint density at radius 2 is 2.05 bits per heavy atom. The number of piperazine rings is 3. The third kappa shape index (κ3) is 1.78. The molecule has 1 atom stereocenters. The van der Waals surface area contributed by atoms with Crippen molar-refractivity contribution in [3.05, 3.63) is 5.82 Å². The fourth-order valence-corrected chi connectivity index (χ4v) is 2.70. The van der Waals surface area contributed by atoms with Gasteiger partial charge in [-0.2, -0.15) is 9.97 Å². The van der Waals surface area contributed by atoms with Crippen molar-refractivity contribution in [2.75, 3.05) is 38.5 Å². The summed E-state index contributed by atoms with van der Waals surface area (Å²) in [6.07, 6.45) is 0. The number of fused-ring (bicyclic) bond motifs is 3. The summed E-state index contributed by atoms with van der Waals surface area (Å²) in [4.78, 5) is 13.2. The Morgan fingerprint density at radius 3 is 2.68 bits per heavy atom. The molecule has 0 aromatic carbocycles. The molecule has 2 aromatic rings. The van der Waals surface area contributed by atoms with E-state index in [2.05, 4.69) is 35.1 Å². The number of H-pyrrole nitrogens is 1. The lowest BCUT2D eigenvalue weighted by molar-refractivity contribution is 0.00781. The van der Waals surface area contributed by atoms with Crippen LogP contribution in [0.3, 0.4) is 0 Å². The van der Waals surface area contributed by atoms with Crippen LogP contribution >= 0.6 is 0 Å². The van der Waals surface area contributed by atoms with Gasteiger partial charge < -0.3 is 10.3 Å². The molecule has 3 N–H and O–H groups in total. The molecule has 5 heterocycles. The average Bonchev–Trinajstić information content (AvgIpc) is 3.08. The van der Waals surface area contributed by atoms with Crippen LogP contribution in [-0.2, 0) is 0 Å². The lowest BCUT2D eigenvalue weighted by atomic mass is 10.1. The number of hydrogen-bond donors (Lipinski definition) is 2. The molecule has 0 amide bonds. The maximum atomic E-state index is 5.46. The van der Waals surface area contributed by atoms with Crippen molar-refractivity contribution in [2.24, 2.45) is 0 Å². The van der Waals surface area contributed by atoms with Gasteiger partial charge in [0.2, 0.25) is 11.8 Å². The number of nitrogens with one attached hydrogen (secondary N) is 1. The molecule has 0 aliphatic carbocycles. The highest BCUT2D eigenvalue weighted by Gasteiger charge is 2.35. The Labute approximate surface area is 108 Å². The first kappa shape index (κ1) is 10.9. The minimum Gasteiger partial charge on any atom is -0.366 e. The van der Waals surface area contributed by atoms with Crippen LogP contribution in [-0.4, -0.2) is 67.8 Å². The van der Waals surface area contributed by atoms with E-state index in [0.717, 1.165) is 32.7 Å². The van der Waals surface area contributed by atoms with Crippen LogP contribution in [0.25, 0.3) is 11.7 Å². The SMILES string of the molecule is Nc1n[nH]c(-c2nc(C3CN4CCN3CC4)no2)n1. The first-order valence-corrected chi connectivity index (χ1v) is 6.28. The van der Waals surface area contributed by atoms with Crippen molar-refractivity contribution in [2.45, 2.75) is 6.04 Å². The number of hydrogen-bond acceptors (Lipinski definition) is 8. The minimum absolute atomic E-state index is 0.168. The summed E-state index contributed by atoms with van der Waals surface area (Å²) in [6.45, 7) is 5.32. The van der Waals surface area contributed by atoms with Gasteiger partial charge in [-0.05, 0) is 0 Å². The summed E-state index contributed by atoms with van der Waals surface area (Å²) < 4.78 is 5.23. The Morgan fingerprint density at radius 1 is 1.21 bits per heavy atom. The molecule has 0 saturated carbocycles. The monoisotopic (exact) mass is 262 g/mol. The zero-order chi connectivity index (χ0) is 12.8. The number of rotatable bonds is 2. The van der Waals surface area contributed by atoms with E-state index in [1.54, 1.807) is 0 Å². The quantitative estimate of drug-likeness (QED) is 0.716. The van der Waals surface area contributed by atoms with E-state index in [1.807, 2.05) is 0 Å². The molecule has 3 saturated heterocycles. The molecule has 5 rings (SSSR count). The predicted octanol–water partition coefficient (Wildman–Crippen LogP) is -0.891. The van der Waals surface area contributed by atoms with E-state index in [4.69, 9.17) is 10.3 Å². The number of anilines is 1. The number of aromatic amines is 1. The van der Waals surface area contributed by atoms with Gasteiger partial charge in [-0.25, -0.2) is 0 Å². The summed E-state index contributed by atoms with van der Waals surface area (Å²) in [5.41, 5.74) is 5.46. The summed E-state index contributed by atoms with van der Waals surface area (Å²) in [5, 5.41) is 10.5. The van der Waals surface area contributed by atoms with Crippen LogP contribution < -0.4 is 5.73 Å². The Bertz CT molecular complexity index is 584. The first-order chi connectivity index (χ1) is 9.29. The summed E-state index contributed by atoms with van der Waals surface area (Å²) in [5.74, 6) is 1.61. The normalized spacial score (nSPS) is 29.8. The van der Waals surface area contributed by atoms with E-state index in [9.17, 15) is 0 Å². The summed E-state index contributed by atoms with van der Waals surface area (Å²) in [7, 11) is 0. The van der Waals surface area contributed by atoms with E-state index in [0.29, 0.717) is 17.5 Å². The van der Waals surface area contributed by atoms with Crippen LogP contribution in [0.15, 0.2) is 4.52 Å². The highest BCUT2D eigenvalue weighted by molar-refractivity contribution is 5.41. The van der Waals surface area contributed by atoms with Crippen LogP contribution in [0.2, 0.25) is 0 Å². The average molecular weight is 262 g/mol. The molecule has 9 nitrogen and oxygen atoms in total. The van der Waals surface area contributed by atoms with Gasteiger partial charge in [-0.15, -0.1) is 5.10 Å². The maximum absolute atomic E-state index is 5.46. The molecule has 100 valence electrons. The zero-order valence-corrected chi connectivity index (χ0v) is 10.3. The van der Waals surface area contributed by atoms with Crippen LogP contribution in [0.1, 0.15) is 11.9 Å². The van der Waals surface area contributed by atoms with Gasteiger partial charge in [0.1, 0.15) is 0 Å². The van der Waals surface area contributed by atoms with Gasteiger partial charge in [0, 0.05) is 32.7 Å². The Hall–Kier alpha value is -2.00. The molecule has 3 aliphatic rings.